The Bertz CT molecular complexity index is 359. The van der Waals surface area contributed by atoms with Gasteiger partial charge in [-0.1, -0.05) is 25.2 Å². The van der Waals surface area contributed by atoms with Gasteiger partial charge in [0.25, 0.3) is 0 Å². The maximum Gasteiger partial charge on any atom is 0.104 e. The van der Waals surface area contributed by atoms with Crippen molar-refractivity contribution in [3.63, 3.8) is 0 Å². The van der Waals surface area contributed by atoms with Crippen molar-refractivity contribution in [1.82, 2.24) is 0 Å². The Hall–Kier alpha value is -0.820. The van der Waals surface area contributed by atoms with Gasteiger partial charge in [0.05, 0.1) is 12.7 Å². The van der Waals surface area contributed by atoms with E-state index in [1.165, 1.54) is 0 Å². The Morgan fingerprint density at radius 1 is 1.56 bits per heavy atom. The van der Waals surface area contributed by atoms with Gasteiger partial charge in [0.2, 0.25) is 0 Å². The van der Waals surface area contributed by atoms with E-state index in [9.17, 15) is 0 Å². The molecule has 0 fully saturated rings. The zero-order valence-corrected chi connectivity index (χ0v) is 10.6. The molecule has 1 N–H and O–H groups in total. The Balaban J connectivity index is 2.50. The third-order valence-electron chi connectivity index (χ3n) is 2.24. The molecule has 0 amide bonds. The monoisotopic (exact) mass is 238 g/mol. The standard InChI is InChI=1S/C13H18O2S/c1-3-5-11(2)15-10-13-12(6-4-8-14)7-9-16-13/h7,9,11,14H,3,5,8,10H2,1-2H3. The smallest absolute Gasteiger partial charge is 0.104 e. The minimum Gasteiger partial charge on any atom is -0.384 e. The fourth-order valence-electron chi connectivity index (χ4n) is 1.41. The predicted molar refractivity (Wildman–Crippen MR) is 67.4 cm³/mol. The van der Waals surface area contributed by atoms with E-state index in [1.54, 1.807) is 11.3 Å². The molecular weight excluding hydrogens is 220 g/mol. The van der Waals surface area contributed by atoms with Gasteiger partial charge in [0.1, 0.15) is 6.61 Å². The van der Waals surface area contributed by atoms with E-state index in [0.717, 1.165) is 23.3 Å². The molecule has 0 saturated heterocycles. The van der Waals surface area contributed by atoms with Crippen LogP contribution in [-0.4, -0.2) is 17.8 Å². The van der Waals surface area contributed by atoms with Crippen molar-refractivity contribution in [3.05, 3.63) is 21.9 Å². The summed E-state index contributed by atoms with van der Waals surface area (Å²) in [5, 5.41) is 10.6. The van der Waals surface area contributed by atoms with Crippen LogP contribution >= 0.6 is 11.3 Å². The summed E-state index contributed by atoms with van der Waals surface area (Å²) in [7, 11) is 0. The zero-order valence-electron chi connectivity index (χ0n) is 9.82. The number of ether oxygens (including phenoxy) is 1. The van der Waals surface area contributed by atoms with Gasteiger partial charge in [-0.25, -0.2) is 0 Å². The lowest BCUT2D eigenvalue weighted by molar-refractivity contribution is 0.0487. The van der Waals surface area contributed by atoms with Crippen molar-refractivity contribution in [2.24, 2.45) is 0 Å². The van der Waals surface area contributed by atoms with Crippen LogP contribution in [0, 0.1) is 11.8 Å². The van der Waals surface area contributed by atoms with Crippen LogP contribution in [0.3, 0.4) is 0 Å². The van der Waals surface area contributed by atoms with Crippen LogP contribution in [0.4, 0.5) is 0 Å². The maximum atomic E-state index is 8.64. The highest BCUT2D eigenvalue weighted by Crippen LogP contribution is 2.18. The number of aliphatic hydroxyl groups excluding tert-OH is 1. The summed E-state index contributed by atoms with van der Waals surface area (Å²) >= 11 is 1.65. The van der Waals surface area contributed by atoms with Crippen LogP contribution in [0.2, 0.25) is 0 Å². The van der Waals surface area contributed by atoms with E-state index < -0.39 is 0 Å². The molecule has 0 aromatic carbocycles. The molecule has 0 aliphatic heterocycles. The minimum atomic E-state index is -0.0949. The summed E-state index contributed by atoms with van der Waals surface area (Å²) in [6, 6.07) is 1.97. The fourth-order valence-corrected chi connectivity index (χ4v) is 2.16. The maximum absolute atomic E-state index is 8.64. The summed E-state index contributed by atoms with van der Waals surface area (Å²) < 4.78 is 5.73. The summed E-state index contributed by atoms with van der Waals surface area (Å²) in [6.45, 7) is 4.77. The molecule has 1 aromatic heterocycles. The Kier molecular flexibility index (Phi) is 6.17. The molecule has 0 spiro atoms. The number of hydrogen-bond acceptors (Lipinski definition) is 3. The molecule has 3 heteroatoms. The third-order valence-corrected chi connectivity index (χ3v) is 3.14. The van der Waals surface area contributed by atoms with E-state index in [1.807, 2.05) is 11.4 Å². The van der Waals surface area contributed by atoms with E-state index in [2.05, 4.69) is 25.7 Å². The second-order valence-electron chi connectivity index (χ2n) is 3.63. The first-order valence-electron chi connectivity index (χ1n) is 5.55. The Labute approximate surface area is 101 Å². The molecule has 1 unspecified atom stereocenters. The fraction of sp³-hybridized carbons (Fsp3) is 0.538. The topological polar surface area (TPSA) is 29.5 Å². The molecule has 1 atom stereocenters. The highest BCUT2D eigenvalue weighted by atomic mass is 32.1. The first kappa shape index (κ1) is 13.2. The number of aliphatic hydroxyl groups is 1. The molecular formula is C13H18O2S. The lowest BCUT2D eigenvalue weighted by Gasteiger charge is -2.10. The van der Waals surface area contributed by atoms with Crippen molar-refractivity contribution >= 4 is 11.3 Å². The van der Waals surface area contributed by atoms with Gasteiger partial charge in [-0.2, -0.15) is 0 Å². The van der Waals surface area contributed by atoms with Crippen LogP contribution in [0.1, 0.15) is 37.1 Å². The number of hydrogen-bond donors (Lipinski definition) is 1. The highest BCUT2D eigenvalue weighted by molar-refractivity contribution is 7.10. The first-order chi connectivity index (χ1) is 7.77. The zero-order chi connectivity index (χ0) is 11.8. The SMILES string of the molecule is CCCC(C)OCc1sccc1C#CCO. The van der Waals surface area contributed by atoms with E-state index in [4.69, 9.17) is 9.84 Å². The molecule has 1 aromatic rings. The van der Waals surface area contributed by atoms with Gasteiger partial charge in [-0.3, -0.25) is 0 Å². The van der Waals surface area contributed by atoms with Gasteiger partial charge < -0.3 is 9.84 Å². The molecule has 0 bridgehead atoms. The second kappa shape index (κ2) is 7.45. The van der Waals surface area contributed by atoms with Crippen LogP contribution in [0.15, 0.2) is 11.4 Å². The Morgan fingerprint density at radius 3 is 3.06 bits per heavy atom. The molecule has 88 valence electrons. The van der Waals surface area contributed by atoms with Gasteiger partial charge in [0, 0.05) is 10.4 Å². The summed E-state index contributed by atoms with van der Waals surface area (Å²) in [6.07, 6.45) is 2.52. The molecule has 16 heavy (non-hydrogen) atoms. The van der Waals surface area contributed by atoms with Crippen molar-refractivity contribution in [2.45, 2.75) is 39.4 Å². The number of rotatable bonds is 5. The lowest BCUT2D eigenvalue weighted by atomic mass is 10.2. The third kappa shape index (κ3) is 4.36. The van der Waals surface area contributed by atoms with Crippen molar-refractivity contribution in [3.8, 4) is 11.8 Å². The summed E-state index contributed by atoms with van der Waals surface area (Å²) in [5.74, 6) is 5.59. The summed E-state index contributed by atoms with van der Waals surface area (Å²) in [5.41, 5.74) is 0.975. The van der Waals surface area contributed by atoms with Crippen molar-refractivity contribution < 1.29 is 9.84 Å². The van der Waals surface area contributed by atoms with E-state index >= 15 is 0 Å². The van der Waals surface area contributed by atoms with Crippen LogP contribution < -0.4 is 0 Å². The average molecular weight is 238 g/mol. The van der Waals surface area contributed by atoms with Crippen LogP contribution in [0.25, 0.3) is 0 Å². The highest BCUT2D eigenvalue weighted by Gasteiger charge is 2.05. The largest absolute Gasteiger partial charge is 0.384 e. The first-order valence-corrected chi connectivity index (χ1v) is 6.43. The molecule has 2 nitrogen and oxygen atoms in total. The molecule has 0 aliphatic carbocycles. The molecule has 0 radical (unpaired) electrons. The molecule has 0 aliphatic rings. The second-order valence-corrected chi connectivity index (χ2v) is 4.63. The van der Waals surface area contributed by atoms with Crippen molar-refractivity contribution in [2.75, 3.05) is 6.61 Å². The van der Waals surface area contributed by atoms with E-state index in [0.29, 0.717) is 12.7 Å². The minimum absolute atomic E-state index is 0.0949. The van der Waals surface area contributed by atoms with Crippen LogP contribution in [-0.2, 0) is 11.3 Å². The van der Waals surface area contributed by atoms with Gasteiger partial charge in [-0.15, -0.1) is 11.3 Å². The average Bonchev–Trinajstić information content (AvgIpc) is 2.71. The van der Waals surface area contributed by atoms with Gasteiger partial charge >= 0.3 is 0 Å². The summed E-state index contributed by atoms with van der Waals surface area (Å²) in [4.78, 5) is 1.14. The lowest BCUT2D eigenvalue weighted by Crippen LogP contribution is -2.07. The number of thiophene rings is 1. The van der Waals surface area contributed by atoms with Crippen LogP contribution in [0.5, 0.6) is 0 Å². The normalized spacial score (nSPS) is 11.9. The van der Waals surface area contributed by atoms with Gasteiger partial charge in [0.15, 0.2) is 0 Å². The Morgan fingerprint density at radius 2 is 2.38 bits per heavy atom. The predicted octanol–water partition coefficient (Wildman–Crippen LogP) is 2.80. The van der Waals surface area contributed by atoms with Crippen molar-refractivity contribution in [1.29, 1.82) is 0 Å². The van der Waals surface area contributed by atoms with Gasteiger partial charge in [-0.05, 0) is 24.8 Å². The molecule has 0 saturated carbocycles. The molecule has 1 heterocycles. The molecule has 1 rings (SSSR count). The van der Waals surface area contributed by atoms with E-state index in [-0.39, 0.29) is 6.61 Å². The quantitative estimate of drug-likeness (QED) is 0.799.